The molecule has 2 bridgehead atoms. The molecule has 128 valence electrons. The molecule has 0 saturated carbocycles. The fourth-order valence-electron chi connectivity index (χ4n) is 4.89. The highest BCUT2D eigenvalue weighted by atomic mass is 16.2. The maximum absolute atomic E-state index is 13.3. The van der Waals surface area contributed by atoms with E-state index in [0.717, 1.165) is 6.42 Å². The SMILES string of the molecule is CC1(C(=O)Nc2ccccn2)CC2c3ccccc3C1c1ccccc12. The molecule has 2 aromatic carbocycles. The lowest BCUT2D eigenvalue weighted by Crippen LogP contribution is -2.47. The molecule has 1 amide bonds. The maximum atomic E-state index is 13.3. The number of benzene rings is 2. The quantitative estimate of drug-likeness (QED) is 0.734. The first kappa shape index (κ1) is 15.3. The lowest BCUT2D eigenvalue weighted by Gasteiger charge is -2.50. The Morgan fingerprint density at radius 2 is 1.50 bits per heavy atom. The molecule has 1 atom stereocenters. The Labute approximate surface area is 153 Å². The van der Waals surface area contributed by atoms with Crippen molar-refractivity contribution in [2.24, 2.45) is 5.41 Å². The third kappa shape index (κ3) is 2.07. The van der Waals surface area contributed by atoms with Gasteiger partial charge >= 0.3 is 0 Å². The molecule has 1 unspecified atom stereocenters. The molecule has 3 aliphatic carbocycles. The summed E-state index contributed by atoms with van der Waals surface area (Å²) in [7, 11) is 0. The average Bonchev–Trinajstić information content (AvgIpc) is 2.69. The number of nitrogens with zero attached hydrogens (tertiary/aromatic N) is 1. The highest BCUT2D eigenvalue weighted by Crippen LogP contribution is 2.61. The van der Waals surface area contributed by atoms with Gasteiger partial charge in [0.05, 0.1) is 5.41 Å². The number of hydrogen-bond acceptors (Lipinski definition) is 2. The van der Waals surface area contributed by atoms with Gasteiger partial charge in [-0.15, -0.1) is 0 Å². The average molecular weight is 340 g/mol. The van der Waals surface area contributed by atoms with Crippen molar-refractivity contribution in [1.29, 1.82) is 0 Å². The van der Waals surface area contributed by atoms with E-state index in [1.165, 1.54) is 22.3 Å². The Morgan fingerprint density at radius 1 is 0.923 bits per heavy atom. The molecule has 3 heteroatoms. The number of anilines is 1. The van der Waals surface area contributed by atoms with Gasteiger partial charge in [0.25, 0.3) is 0 Å². The van der Waals surface area contributed by atoms with E-state index in [2.05, 4.69) is 65.8 Å². The number of carbonyl (C=O) groups excluding carboxylic acids is 1. The molecule has 0 saturated heterocycles. The summed E-state index contributed by atoms with van der Waals surface area (Å²) in [5.74, 6) is 1.01. The summed E-state index contributed by atoms with van der Waals surface area (Å²) in [5.41, 5.74) is 4.84. The number of aromatic nitrogens is 1. The number of carbonyl (C=O) groups is 1. The lowest BCUT2D eigenvalue weighted by atomic mass is 9.52. The molecule has 3 aliphatic rings. The number of pyridine rings is 1. The van der Waals surface area contributed by atoms with Crippen LogP contribution < -0.4 is 5.32 Å². The first-order valence-corrected chi connectivity index (χ1v) is 9.08. The molecule has 3 nitrogen and oxygen atoms in total. The van der Waals surface area contributed by atoms with Gasteiger partial charge in [-0.1, -0.05) is 54.6 Å². The van der Waals surface area contributed by atoms with Gasteiger partial charge in [0.2, 0.25) is 5.91 Å². The van der Waals surface area contributed by atoms with Crippen molar-refractivity contribution in [3.05, 3.63) is 95.2 Å². The smallest absolute Gasteiger partial charge is 0.232 e. The molecule has 0 fully saturated rings. The van der Waals surface area contributed by atoms with Crippen LogP contribution in [0.15, 0.2) is 72.9 Å². The summed E-state index contributed by atoms with van der Waals surface area (Å²) >= 11 is 0. The van der Waals surface area contributed by atoms with Crippen LogP contribution in [0.3, 0.4) is 0 Å². The van der Waals surface area contributed by atoms with Gasteiger partial charge in [-0.05, 0) is 47.7 Å². The van der Waals surface area contributed by atoms with Crippen LogP contribution in [0.1, 0.15) is 47.4 Å². The summed E-state index contributed by atoms with van der Waals surface area (Å²) in [6.45, 7) is 2.11. The highest BCUT2D eigenvalue weighted by Gasteiger charge is 2.53. The minimum Gasteiger partial charge on any atom is -0.310 e. The zero-order chi connectivity index (χ0) is 17.7. The van der Waals surface area contributed by atoms with Gasteiger partial charge in [0.1, 0.15) is 5.82 Å². The molecule has 6 rings (SSSR count). The standard InChI is InChI=1S/C23H20N2O/c1-23(22(26)25-20-12-6-7-13-24-20)14-19-15-8-2-4-10-17(15)21(23)18-11-5-3-9-16(18)19/h2-13,19,21H,14H2,1H3,(H,24,25,26). The molecule has 0 radical (unpaired) electrons. The minimum atomic E-state index is -0.495. The van der Waals surface area contributed by atoms with E-state index in [4.69, 9.17) is 0 Å². The van der Waals surface area contributed by atoms with Crippen molar-refractivity contribution in [2.75, 3.05) is 5.32 Å². The van der Waals surface area contributed by atoms with E-state index < -0.39 is 5.41 Å². The predicted molar refractivity (Wildman–Crippen MR) is 102 cm³/mol. The summed E-state index contributed by atoms with van der Waals surface area (Å²) in [5, 5.41) is 3.05. The van der Waals surface area contributed by atoms with Gasteiger partial charge < -0.3 is 5.32 Å². The zero-order valence-corrected chi connectivity index (χ0v) is 14.6. The van der Waals surface area contributed by atoms with E-state index in [1.54, 1.807) is 6.20 Å². The van der Waals surface area contributed by atoms with Crippen LogP contribution in [-0.4, -0.2) is 10.9 Å². The minimum absolute atomic E-state index is 0.0511. The van der Waals surface area contributed by atoms with Crippen molar-refractivity contribution < 1.29 is 4.79 Å². The number of nitrogens with one attached hydrogen (secondary N) is 1. The van der Waals surface area contributed by atoms with Gasteiger partial charge in [-0.25, -0.2) is 4.98 Å². The number of fused-ring (bicyclic) bond motifs is 1. The van der Waals surface area contributed by atoms with Crippen LogP contribution in [-0.2, 0) is 4.79 Å². The Hall–Kier alpha value is -2.94. The molecule has 1 aromatic heterocycles. The zero-order valence-electron chi connectivity index (χ0n) is 14.6. The summed E-state index contributed by atoms with van der Waals surface area (Å²) < 4.78 is 0. The Kier molecular flexibility index (Phi) is 3.26. The molecule has 3 aromatic rings. The van der Waals surface area contributed by atoms with Gasteiger partial charge in [-0.2, -0.15) is 0 Å². The fraction of sp³-hybridized carbons (Fsp3) is 0.217. The molecule has 1 heterocycles. The van der Waals surface area contributed by atoms with Crippen molar-refractivity contribution in [2.45, 2.75) is 25.2 Å². The summed E-state index contributed by atoms with van der Waals surface area (Å²) in [6.07, 6.45) is 2.53. The first-order chi connectivity index (χ1) is 12.7. The predicted octanol–water partition coefficient (Wildman–Crippen LogP) is 4.71. The van der Waals surface area contributed by atoms with Crippen molar-refractivity contribution in [1.82, 2.24) is 4.98 Å². The van der Waals surface area contributed by atoms with Crippen LogP contribution in [0.25, 0.3) is 0 Å². The topological polar surface area (TPSA) is 42.0 Å². The number of hydrogen-bond donors (Lipinski definition) is 1. The molecule has 26 heavy (non-hydrogen) atoms. The van der Waals surface area contributed by atoms with Gasteiger partial charge in [-0.3, -0.25) is 4.79 Å². The van der Waals surface area contributed by atoms with Crippen molar-refractivity contribution in [3.8, 4) is 0 Å². The fourth-order valence-corrected chi connectivity index (χ4v) is 4.89. The Morgan fingerprint density at radius 3 is 2.08 bits per heavy atom. The monoisotopic (exact) mass is 340 g/mol. The Bertz CT molecular complexity index is 950. The van der Waals surface area contributed by atoms with E-state index in [-0.39, 0.29) is 17.7 Å². The van der Waals surface area contributed by atoms with Crippen LogP contribution in [0, 0.1) is 5.41 Å². The molecular formula is C23H20N2O. The second kappa shape index (κ2) is 5.53. The van der Waals surface area contributed by atoms with Crippen molar-refractivity contribution >= 4 is 11.7 Å². The maximum Gasteiger partial charge on any atom is 0.232 e. The molecule has 0 aliphatic heterocycles. The van der Waals surface area contributed by atoms with E-state index in [9.17, 15) is 4.79 Å². The Balaban J connectivity index is 1.63. The van der Waals surface area contributed by atoms with E-state index >= 15 is 0 Å². The third-order valence-electron chi connectivity index (χ3n) is 6.06. The van der Waals surface area contributed by atoms with Gasteiger partial charge in [0, 0.05) is 18.0 Å². The first-order valence-electron chi connectivity index (χ1n) is 9.08. The molecule has 0 spiro atoms. The second-order valence-corrected chi connectivity index (χ2v) is 7.53. The van der Waals surface area contributed by atoms with Crippen molar-refractivity contribution in [3.63, 3.8) is 0 Å². The van der Waals surface area contributed by atoms with E-state index in [0.29, 0.717) is 5.82 Å². The van der Waals surface area contributed by atoms with Crippen LogP contribution in [0.4, 0.5) is 5.82 Å². The van der Waals surface area contributed by atoms with Crippen LogP contribution in [0.5, 0.6) is 0 Å². The summed E-state index contributed by atoms with van der Waals surface area (Å²) in [4.78, 5) is 17.6. The van der Waals surface area contributed by atoms with E-state index in [1.807, 2.05) is 18.2 Å². The molecular weight excluding hydrogens is 320 g/mol. The van der Waals surface area contributed by atoms with Gasteiger partial charge in [0.15, 0.2) is 0 Å². The summed E-state index contributed by atoms with van der Waals surface area (Å²) in [6, 6.07) is 22.8. The number of rotatable bonds is 2. The largest absolute Gasteiger partial charge is 0.310 e. The van der Waals surface area contributed by atoms with Crippen LogP contribution in [0.2, 0.25) is 0 Å². The lowest BCUT2D eigenvalue weighted by molar-refractivity contribution is -0.126. The second-order valence-electron chi connectivity index (χ2n) is 7.53. The number of amides is 1. The normalized spacial score (nSPS) is 25.3. The highest BCUT2D eigenvalue weighted by molar-refractivity contribution is 5.96. The molecule has 1 N–H and O–H groups in total. The third-order valence-corrected chi connectivity index (χ3v) is 6.06. The van der Waals surface area contributed by atoms with Crippen LogP contribution >= 0.6 is 0 Å².